The number of hydrogen-bond donors (Lipinski definition) is 3. The molecule has 1 aromatic carbocycles. The summed E-state index contributed by atoms with van der Waals surface area (Å²) in [6.07, 6.45) is 0.207. The number of fused-ring (bicyclic) bond motifs is 1. The number of carbonyl (C=O) groups is 3. The van der Waals surface area contributed by atoms with E-state index in [1.807, 2.05) is 0 Å². The second-order valence-electron chi connectivity index (χ2n) is 4.40. The number of amides is 2. The fourth-order valence-corrected chi connectivity index (χ4v) is 2.01. The Labute approximate surface area is 115 Å². The van der Waals surface area contributed by atoms with Gasteiger partial charge in [-0.25, -0.2) is 0 Å². The summed E-state index contributed by atoms with van der Waals surface area (Å²) in [5, 5.41) is 5.20. The van der Waals surface area contributed by atoms with Gasteiger partial charge in [0.25, 0.3) is 5.91 Å². The van der Waals surface area contributed by atoms with Crippen molar-refractivity contribution in [2.75, 3.05) is 18.2 Å². The predicted octanol–water partition coefficient (Wildman–Crippen LogP) is 0.272. The van der Waals surface area contributed by atoms with Crippen molar-refractivity contribution in [3.63, 3.8) is 0 Å². The van der Waals surface area contributed by atoms with Crippen LogP contribution in [0.4, 0.5) is 11.4 Å². The number of benzene rings is 1. The van der Waals surface area contributed by atoms with E-state index in [0.29, 0.717) is 5.69 Å². The summed E-state index contributed by atoms with van der Waals surface area (Å²) < 4.78 is 4.51. The number of anilines is 2. The molecule has 1 aliphatic heterocycles. The Bertz CT molecular complexity index is 571. The van der Waals surface area contributed by atoms with Crippen molar-refractivity contribution in [2.45, 2.75) is 18.9 Å². The van der Waals surface area contributed by atoms with Gasteiger partial charge in [0.15, 0.2) is 0 Å². The molecule has 1 aliphatic rings. The largest absolute Gasteiger partial charge is 0.469 e. The smallest absolute Gasteiger partial charge is 0.305 e. The molecule has 0 unspecified atom stereocenters. The molecule has 7 heteroatoms. The number of nitrogens with one attached hydrogen (secondary N) is 2. The van der Waals surface area contributed by atoms with Gasteiger partial charge in [-0.05, 0) is 18.6 Å². The Morgan fingerprint density at radius 1 is 1.40 bits per heavy atom. The van der Waals surface area contributed by atoms with Gasteiger partial charge in [-0.2, -0.15) is 0 Å². The number of ether oxygens (including phenoxy) is 1. The first kappa shape index (κ1) is 13.9. The molecule has 2 rings (SSSR count). The molecule has 0 aliphatic carbocycles. The van der Waals surface area contributed by atoms with Gasteiger partial charge >= 0.3 is 5.97 Å². The Morgan fingerprint density at radius 3 is 2.85 bits per heavy atom. The van der Waals surface area contributed by atoms with E-state index in [1.54, 1.807) is 18.2 Å². The normalized spacial score (nSPS) is 17.6. The standard InChI is InChI=1S/C13H15N3O4/c1-20-10(17)6-5-9-12(18)15-8-4-2-3-7(14)11(8)13(19)16-9/h2-4,9H,5-6,14H2,1H3,(H,15,18)(H,16,19)/t9-/m1/s1. The van der Waals surface area contributed by atoms with Crippen molar-refractivity contribution < 1.29 is 19.1 Å². The van der Waals surface area contributed by atoms with Crippen LogP contribution in [-0.2, 0) is 14.3 Å². The van der Waals surface area contributed by atoms with E-state index >= 15 is 0 Å². The van der Waals surface area contributed by atoms with Crippen molar-refractivity contribution in [1.82, 2.24) is 5.32 Å². The summed E-state index contributed by atoms with van der Waals surface area (Å²) in [7, 11) is 1.27. The highest BCUT2D eigenvalue weighted by atomic mass is 16.5. The lowest BCUT2D eigenvalue weighted by Gasteiger charge is -2.13. The van der Waals surface area contributed by atoms with Crippen LogP contribution in [0, 0.1) is 0 Å². The van der Waals surface area contributed by atoms with Crippen LogP contribution in [-0.4, -0.2) is 30.9 Å². The number of nitrogens with two attached hydrogens (primary N) is 1. The molecule has 0 spiro atoms. The van der Waals surface area contributed by atoms with Gasteiger partial charge in [0.1, 0.15) is 6.04 Å². The van der Waals surface area contributed by atoms with Crippen molar-refractivity contribution in [3.8, 4) is 0 Å². The number of carbonyl (C=O) groups excluding carboxylic acids is 3. The number of esters is 1. The predicted molar refractivity (Wildman–Crippen MR) is 72.0 cm³/mol. The van der Waals surface area contributed by atoms with Crippen LogP contribution in [0.2, 0.25) is 0 Å². The van der Waals surface area contributed by atoms with Gasteiger partial charge < -0.3 is 21.1 Å². The first-order chi connectivity index (χ1) is 9.52. The highest BCUT2D eigenvalue weighted by Gasteiger charge is 2.29. The van der Waals surface area contributed by atoms with E-state index in [0.717, 1.165) is 0 Å². The van der Waals surface area contributed by atoms with Crippen LogP contribution >= 0.6 is 0 Å². The van der Waals surface area contributed by atoms with Crippen molar-refractivity contribution in [2.24, 2.45) is 0 Å². The minimum atomic E-state index is -0.798. The second kappa shape index (κ2) is 5.60. The zero-order valence-corrected chi connectivity index (χ0v) is 10.9. The lowest BCUT2D eigenvalue weighted by atomic mass is 10.1. The third-order valence-corrected chi connectivity index (χ3v) is 3.07. The molecule has 0 saturated carbocycles. The molecule has 20 heavy (non-hydrogen) atoms. The maximum Gasteiger partial charge on any atom is 0.305 e. The molecule has 0 saturated heterocycles. The van der Waals surface area contributed by atoms with Gasteiger partial charge in [-0.3, -0.25) is 14.4 Å². The van der Waals surface area contributed by atoms with E-state index in [2.05, 4.69) is 15.4 Å². The summed E-state index contributed by atoms with van der Waals surface area (Å²) in [5.41, 5.74) is 6.64. The number of nitrogen functional groups attached to an aromatic ring is 1. The molecule has 2 amide bonds. The van der Waals surface area contributed by atoms with Crippen molar-refractivity contribution in [3.05, 3.63) is 23.8 Å². The molecule has 1 atom stereocenters. The van der Waals surface area contributed by atoms with Crippen molar-refractivity contribution >= 4 is 29.2 Å². The molecule has 0 aromatic heterocycles. The van der Waals surface area contributed by atoms with Crippen LogP contribution in [0.5, 0.6) is 0 Å². The van der Waals surface area contributed by atoms with Crippen LogP contribution in [0.25, 0.3) is 0 Å². The van der Waals surface area contributed by atoms with Gasteiger partial charge in [0, 0.05) is 12.1 Å². The third-order valence-electron chi connectivity index (χ3n) is 3.07. The maximum absolute atomic E-state index is 12.1. The molecule has 4 N–H and O–H groups in total. The molecule has 0 fully saturated rings. The first-order valence-electron chi connectivity index (χ1n) is 6.10. The topological polar surface area (TPSA) is 111 Å². The molecule has 1 heterocycles. The zero-order chi connectivity index (χ0) is 14.7. The average molecular weight is 277 g/mol. The molecule has 1 aromatic rings. The van der Waals surface area contributed by atoms with Crippen LogP contribution < -0.4 is 16.4 Å². The quantitative estimate of drug-likeness (QED) is 0.542. The van der Waals surface area contributed by atoms with E-state index < -0.39 is 17.9 Å². The average Bonchev–Trinajstić information content (AvgIpc) is 2.54. The van der Waals surface area contributed by atoms with E-state index in [-0.39, 0.29) is 30.0 Å². The third kappa shape index (κ3) is 2.71. The summed E-state index contributed by atoms with van der Waals surface area (Å²) in [4.78, 5) is 35.2. The monoisotopic (exact) mass is 277 g/mol. The van der Waals surface area contributed by atoms with Gasteiger partial charge in [0.05, 0.1) is 18.4 Å². The summed E-state index contributed by atoms with van der Waals surface area (Å²) >= 11 is 0. The summed E-state index contributed by atoms with van der Waals surface area (Å²) in [6, 6.07) is 4.04. The molecular formula is C13H15N3O4. The highest BCUT2D eigenvalue weighted by molar-refractivity contribution is 6.12. The summed E-state index contributed by atoms with van der Waals surface area (Å²) in [6.45, 7) is 0. The zero-order valence-electron chi connectivity index (χ0n) is 10.9. The fraction of sp³-hybridized carbons (Fsp3) is 0.308. The van der Waals surface area contributed by atoms with E-state index in [9.17, 15) is 14.4 Å². The molecule has 0 bridgehead atoms. The number of hydrogen-bond acceptors (Lipinski definition) is 5. The molecule has 7 nitrogen and oxygen atoms in total. The minimum absolute atomic E-state index is 0.0424. The van der Waals surface area contributed by atoms with Gasteiger partial charge in [0.2, 0.25) is 5.91 Å². The minimum Gasteiger partial charge on any atom is -0.469 e. The molecule has 0 radical (unpaired) electrons. The van der Waals surface area contributed by atoms with Gasteiger partial charge in [-0.15, -0.1) is 0 Å². The SMILES string of the molecule is COC(=O)CC[C@H]1NC(=O)c2c(N)cccc2NC1=O. The number of rotatable bonds is 3. The Hall–Kier alpha value is -2.57. The second-order valence-corrected chi connectivity index (χ2v) is 4.40. The lowest BCUT2D eigenvalue weighted by molar-refractivity contribution is -0.140. The first-order valence-corrected chi connectivity index (χ1v) is 6.10. The van der Waals surface area contributed by atoms with Gasteiger partial charge in [-0.1, -0.05) is 6.07 Å². The molecule has 106 valence electrons. The molecular weight excluding hydrogens is 262 g/mol. The fourth-order valence-electron chi connectivity index (χ4n) is 2.01. The summed E-state index contributed by atoms with van der Waals surface area (Å²) in [5.74, 6) is -1.26. The van der Waals surface area contributed by atoms with Crippen molar-refractivity contribution in [1.29, 1.82) is 0 Å². The Kier molecular flexibility index (Phi) is 3.88. The van der Waals surface area contributed by atoms with Crippen LogP contribution in [0.1, 0.15) is 23.2 Å². The van der Waals surface area contributed by atoms with E-state index in [1.165, 1.54) is 7.11 Å². The maximum atomic E-state index is 12.1. The Balaban J connectivity index is 2.19. The van der Waals surface area contributed by atoms with Crippen LogP contribution in [0.15, 0.2) is 18.2 Å². The number of methoxy groups -OCH3 is 1. The van der Waals surface area contributed by atoms with Crippen LogP contribution in [0.3, 0.4) is 0 Å². The van der Waals surface area contributed by atoms with E-state index in [4.69, 9.17) is 5.73 Å². The lowest BCUT2D eigenvalue weighted by Crippen LogP contribution is -2.41. The Morgan fingerprint density at radius 2 is 2.15 bits per heavy atom. The highest BCUT2D eigenvalue weighted by Crippen LogP contribution is 2.24.